The monoisotopic (exact) mass is 425 g/mol. The van der Waals surface area contributed by atoms with Crippen molar-refractivity contribution in [2.45, 2.75) is 25.5 Å². The van der Waals surface area contributed by atoms with E-state index in [0.29, 0.717) is 33.2 Å². The number of hydrogen-bond acceptors (Lipinski definition) is 4. The maximum Gasteiger partial charge on any atom is 0.262 e. The Labute approximate surface area is 177 Å². The van der Waals surface area contributed by atoms with E-state index in [9.17, 15) is 9.59 Å². The van der Waals surface area contributed by atoms with E-state index in [1.54, 1.807) is 29.0 Å². The second-order valence-electron chi connectivity index (χ2n) is 7.33. The molecule has 2 aromatic carbocycles. The number of thioether (sulfide) groups is 1. The molecule has 2 aromatic heterocycles. The Morgan fingerprint density at radius 1 is 1.21 bits per heavy atom. The van der Waals surface area contributed by atoms with Gasteiger partial charge in [-0.3, -0.25) is 14.2 Å². The minimum absolute atomic E-state index is 0.0102. The summed E-state index contributed by atoms with van der Waals surface area (Å²) in [6.45, 7) is 4.63. The fraction of sp³-hybridized carbons (Fsp3) is 0.227. The summed E-state index contributed by atoms with van der Waals surface area (Å²) >= 11 is 7.37. The first-order valence-corrected chi connectivity index (χ1v) is 10.7. The number of carbonyl (C=O) groups is 1. The fourth-order valence-electron chi connectivity index (χ4n) is 3.32. The third kappa shape index (κ3) is 3.95. The largest absolute Gasteiger partial charge is 0.360 e. The number of para-hydroxylation sites is 1. The number of fused-ring (bicyclic) bond motifs is 2. The Bertz CT molecular complexity index is 1280. The number of aromatic nitrogens is 3. The lowest BCUT2D eigenvalue weighted by atomic mass is 10.1. The predicted molar refractivity (Wildman–Crippen MR) is 119 cm³/mol. The van der Waals surface area contributed by atoms with Gasteiger partial charge in [0.15, 0.2) is 10.9 Å². The van der Waals surface area contributed by atoms with Gasteiger partial charge >= 0.3 is 0 Å². The zero-order valence-electron chi connectivity index (χ0n) is 16.1. The highest BCUT2D eigenvalue weighted by Gasteiger charge is 2.17. The number of carbonyl (C=O) groups excluding carboxylic acids is 1. The molecule has 148 valence electrons. The van der Waals surface area contributed by atoms with Gasteiger partial charge in [-0.2, -0.15) is 0 Å². The highest BCUT2D eigenvalue weighted by atomic mass is 35.5. The average Bonchev–Trinajstić information content (AvgIpc) is 3.12. The van der Waals surface area contributed by atoms with Crippen molar-refractivity contribution >= 4 is 51.0 Å². The highest BCUT2D eigenvalue weighted by Crippen LogP contribution is 2.24. The fourth-order valence-corrected chi connectivity index (χ4v) is 4.38. The van der Waals surface area contributed by atoms with Crippen LogP contribution in [-0.4, -0.2) is 26.1 Å². The summed E-state index contributed by atoms with van der Waals surface area (Å²) < 4.78 is 1.66. The van der Waals surface area contributed by atoms with Crippen LogP contribution in [0.1, 0.15) is 24.2 Å². The van der Waals surface area contributed by atoms with Gasteiger partial charge in [-0.1, -0.05) is 55.4 Å². The van der Waals surface area contributed by atoms with Gasteiger partial charge in [0.2, 0.25) is 0 Å². The van der Waals surface area contributed by atoms with E-state index in [0.717, 1.165) is 10.9 Å². The van der Waals surface area contributed by atoms with Crippen molar-refractivity contribution in [1.29, 1.82) is 0 Å². The molecule has 0 amide bonds. The summed E-state index contributed by atoms with van der Waals surface area (Å²) in [5, 5.41) is 2.49. The molecule has 2 heterocycles. The number of halogens is 1. The Morgan fingerprint density at radius 2 is 2.00 bits per heavy atom. The van der Waals surface area contributed by atoms with Crippen molar-refractivity contribution in [2.24, 2.45) is 5.92 Å². The second-order valence-corrected chi connectivity index (χ2v) is 8.70. The molecule has 29 heavy (non-hydrogen) atoms. The van der Waals surface area contributed by atoms with Crippen molar-refractivity contribution in [3.05, 3.63) is 69.6 Å². The van der Waals surface area contributed by atoms with Gasteiger partial charge in [0.25, 0.3) is 5.56 Å². The lowest BCUT2D eigenvalue weighted by Crippen LogP contribution is -2.25. The normalized spacial score (nSPS) is 11.6. The lowest BCUT2D eigenvalue weighted by molar-refractivity contribution is 0.102. The molecular weight excluding hydrogens is 406 g/mol. The zero-order chi connectivity index (χ0) is 20.5. The Morgan fingerprint density at radius 3 is 2.79 bits per heavy atom. The molecule has 0 aliphatic rings. The van der Waals surface area contributed by atoms with Crippen LogP contribution in [0, 0.1) is 5.92 Å². The van der Waals surface area contributed by atoms with E-state index in [1.807, 2.05) is 38.1 Å². The SMILES string of the molecule is CC(C)Cn1c(SCC(=O)c2c[nH]c3ccccc23)nc2cc(Cl)ccc2c1=O. The van der Waals surface area contributed by atoms with E-state index in [4.69, 9.17) is 11.6 Å². The maximum atomic E-state index is 13.0. The van der Waals surface area contributed by atoms with Crippen LogP contribution in [0.25, 0.3) is 21.8 Å². The molecule has 0 bridgehead atoms. The molecule has 1 N–H and O–H groups in total. The van der Waals surface area contributed by atoms with Crippen LogP contribution in [0.2, 0.25) is 5.02 Å². The minimum atomic E-state index is -0.109. The number of hydrogen-bond donors (Lipinski definition) is 1. The molecule has 0 saturated carbocycles. The molecule has 4 aromatic rings. The van der Waals surface area contributed by atoms with Crippen molar-refractivity contribution < 1.29 is 4.79 Å². The summed E-state index contributed by atoms with van der Waals surface area (Å²) in [5.41, 5.74) is 2.01. The molecule has 0 fully saturated rings. The van der Waals surface area contributed by atoms with Crippen molar-refractivity contribution in [1.82, 2.24) is 14.5 Å². The quantitative estimate of drug-likeness (QED) is 0.263. The number of benzene rings is 2. The van der Waals surface area contributed by atoms with Crippen LogP contribution in [-0.2, 0) is 6.54 Å². The zero-order valence-corrected chi connectivity index (χ0v) is 17.7. The summed E-state index contributed by atoms with van der Waals surface area (Å²) in [7, 11) is 0. The maximum absolute atomic E-state index is 13.0. The molecule has 5 nitrogen and oxygen atoms in total. The number of nitrogens with one attached hydrogen (secondary N) is 1. The van der Waals surface area contributed by atoms with Crippen LogP contribution >= 0.6 is 23.4 Å². The van der Waals surface area contributed by atoms with Crippen LogP contribution in [0.3, 0.4) is 0 Å². The van der Waals surface area contributed by atoms with Gasteiger partial charge in [0.1, 0.15) is 0 Å². The van der Waals surface area contributed by atoms with Gasteiger partial charge in [0, 0.05) is 34.2 Å². The first-order valence-electron chi connectivity index (χ1n) is 9.36. The number of aromatic amines is 1. The number of Topliss-reactive ketones (excluding diaryl/α,β-unsaturated/α-hetero) is 1. The molecule has 0 saturated heterocycles. The molecule has 0 aliphatic carbocycles. The molecule has 0 radical (unpaired) electrons. The molecular formula is C22H20ClN3O2S. The Balaban J connectivity index is 1.69. The van der Waals surface area contributed by atoms with E-state index in [2.05, 4.69) is 9.97 Å². The van der Waals surface area contributed by atoms with Crippen LogP contribution in [0.4, 0.5) is 0 Å². The topological polar surface area (TPSA) is 67.8 Å². The van der Waals surface area contributed by atoms with Crippen LogP contribution in [0.15, 0.2) is 58.6 Å². The van der Waals surface area contributed by atoms with Crippen molar-refractivity contribution in [2.75, 3.05) is 5.75 Å². The summed E-state index contributed by atoms with van der Waals surface area (Å²) in [6, 6.07) is 12.8. The second kappa shape index (κ2) is 8.05. The molecule has 0 atom stereocenters. The molecule has 7 heteroatoms. The molecule has 0 unspecified atom stereocenters. The third-order valence-corrected chi connectivity index (χ3v) is 5.86. The van der Waals surface area contributed by atoms with E-state index < -0.39 is 0 Å². The number of ketones is 1. The van der Waals surface area contributed by atoms with Crippen molar-refractivity contribution in [3.63, 3.8) is 0 Å². The number of H-pyrrole nitrogens is 1. The van der Waals surface area contributed by atoms with E-state index in [1.165, 1.54) is 11.8 Å². The lowest BCUT2D eigenvalue weighted by Gasteiger charge is -2.14. The standard InChI is InChI=1S/C22H20ClN3O2S/c1-13(2)11-26-21(28)16-8-7-14(23)9-19(16)25-22(26)29-12-20(27)17-10-24-18-6-4-3-5-15(17)18/h3-10,13,24H,11-12H2,1-2H3. The Kier molecular flexibility index (Phi) is 5.48. The van der Waals surface area contributed by atoms with Gasteiger partial charge in [-0.05, 0) is 30.2 Å². The third-order valence-electron chi connectivity index (χ3n) is 4.65. The molecule has 4 rings (SSSR count). The van der Waals surface area contributed by atoms with Crippen molar-refractivity contribution in [3.8, 4) is 0 Å². The summed E-state index contributed by atoms with van der Waals surface area (Å²) in [5.74, 6) is 0.449. The minimum Gasteiger partial charge on any atom is -0.360 e. The number of rotatable bonds is 6. The first kappa shape index (κ1) is 19.7. The average molecular weight is 426 g/mol. The molecule has 0 aliphatic heterocycles. The first-order chi connectivity index (χ1) is 13.9. The molecule has 0 spiro atoms. The highest BCUT2D eigenvalue weighted by molar-refractivity contribution is 7.99. The number of nitrogens with zero attached hydrogens (tertiary/aromatic N) is 2. The predicted octanol–water partition coefficient (Wildman–Crippen LogP) is 5.16. The van der Waals surface area contributed by atoms with Gasteiger partial charge in [-0.25, -0.2) is 4.98 Å². The summed E-state index contributed by atoms with van der Waals surface area (Å²) in [6.07, 6.45) is 1.74. The van der Waals surface area contributed by atoms with E-state index in [-0.39, 0.29) is 23.0 Å². The smallest absolute Gasteiger partial charge is 0.262 e. The summed E-state index contributed by atoms with van der Waals surface area (Å²) in [4.78, 5) is 33.6. The van der Waals surface area contributed by atoms with E-state index >= 15 is 0 Å². The van der Waals surface area contributed by atoms with Gasteiger partial charge in [-0.15, -0.1) is 0 Å². The van der Waals surface area contributed by atoms with Gasteiger partial charge in [0.05, 0.1) is 16.7 Å². The Hall–Kier alpha value is -2.57. The van der Waals surface area contributed by atoms with Gasteiger partial charge < -0.3 is 4.98 Å². The van der Waals surface area contributed by atoms with Crippen LogP contribution < -0.4 is 5.56 Å². The van der Waals surface area contributed by atoms with Crippen LogP contribution in [0.5, 0.6) is 0 Å².